The molecule has 0 saturated carbocycles. The highest BCUT2D eigenvalue weighted by atomic mass is 19.4. The molecule has 4 N–H and O–H groups in total. The number of hydrogen-bond acceptors (Lipinski definition) is 9. The summed E-state index contributed by atoms with van der Waals surface area (Å²) in [6.07, 6.45) is -3.73. The van der Waals surface area contributed by atoms with Crippen molar-refractivity contribution >= 4 is 17.3 Å². The number of nitriles is 1. The molecule has 200 valence electrons. The lowest BCUT2D eigenvalue weighted by atomic mass is 9.94. The molecule has 1 fully saturated rings. The molecule has 37 heavy (non-hydrogen) atoms. The normalized spacial score (nSPS) is 15.6. The number of nitrogens with two attached hydrogens (primary N) is 1. The van der Waals surface area contributed by atoms with Gasteiger partial charge in [-0.2, -0.15) is 18.4 Å². The minimum atomic E-state index is -4.66. The van der Waals surface area contributed by atoms with Gasteiger partial charge in [0.2, 0.25) is 0 Å². The number of aliphatic hydroxyl groups is 1. The first-order valence-corrected chi connectivity index (χ1v) is 11.8. The number of nitrogen functional groups attached to an aromatic ring is 1. The summed E-state index contributed by atoms with van der Waals surface area (Å²) >= 11 is 0. The highest BCUT2D eigenvalue weighted by Gasteiger charge is 2.35. The van der Waals surface area contributed by atoms with Crippen LogP contribution in [-0.4, -0.2) is 67.5 Å². The van der Waals surface area contributed by atoms with Crippen molar-refractivity contribution in [1.29, 1.82) is 5.26 Å². The number of ether oxygens (including phenoxy) is 2. The average molecular weight is 522 g/mol. The number of rotatable bonds is 9. The Morgan fingerprint density at radius 2 is 2.05 bits per heavy atom. The molecule has 0 radical (unpaired) electrons. The third kappa shape index (κ3) is 7.02. The van der Waals surface area contributed by atoms with E-state index in [-0.39, 0.29) is 47.5 Å². The van der Waals surface area contributed by atoms with Crippen LogP contribution in [0, 0.1) is 17.2 Å². The molecule has 0 bridgehead atoms. The summed E-state index contributed by atoms with van der Waals surface area (Å²) in [5.74, 6) is -0.703. The molecule has 3 rings (SSSR count). The first-order valence-electron chi connectivity index (χ1n) is 11.8. The zero-order valence-electron chi connectivity index (χ0n) is 20.6. The maximum atomic E-state index is 13.9. The third-order valence-electron chi connectivity index (χ3n) is 6.41. The molecule has 2 aromatic rings. The molecule has 0 spiro atoms. The predicted molar refractivity (Wildman–Crippen MR) is 131 cm³/mol. The Morgan fingerprint density at radius 1 is 1.35 bits per heavy atom. The molecule has 1 atom stereocenters. The molecule has 0 aliphatic carbocycles. The number of hydrogen-bond donors (Lipinski definition) is 3. The van der Waals surface area contributed by atoms with E-state index in [9.17, 15) is 28.3 Å². The number of alkyl halides is 3. The van der Waals surface area contributed by atoms with Gasteiger partial charge in [-0.05, 0) is 62.5 Å². The molecule has 1 unspecified atom stereocenters. The Balaban J connectivity index is 1.65. The van der Waals surface area contributed by atoms with Crippen molar-refractivity contribution in [1.82, 2.24) is 9.88 Å². The highest BCUT2D eigenvalue weighted by molar-refractivity contribution is 5.77. The number of halogens is 3. The lowest BCUT2D eigenvalue weighted by Crippen LogP contribution is -2.42. The average Bonchev–Trinajstić information content (AvgIpc) is 2.88. The fourth-order valence-corrected chi connectivity index (χ4v) is 4.28. The molecular weight excluding hydrogens is 491 g/mol. The van der Waals surface area contributed by atoms with Crippen molar-refractivity contribution in [2.45, 2.75) is 31.5 Å². The Bertz CT molecular complexity index is 1140. The lowest BCUT2D eigenvalue weighted by molar-refractivity contribution is -0.151. The Kier molecular flexibility index (Phi) is 9.18. The van der Waals surface area contributed by atoms with Crippen molar-refractivity contribution in [2.24, 2.45) is 5.92 Å². The number of likely N-dealkylation sites (tertiary alicyclic amines) is 1. The number of esters is 1. The zero-order chi connectivity index (χ0) is 27.2. The van der Waals surface area contributed by atoms with Crippen LogP contribution in [0.15, 0.2) is 24.3 Å². The van der Waals surface area contributed by atoms with Gasteiger partial charge in [0.15, 0.2) is 11.8 Å². The number of carbonyl (C=O) groups is 1. The number of nitrogens with one attached hydrogen (secondary N) is 1. The van der Waals surface area contributed by atoms with Gasteiger partial charge in [0.05, 0.1) is 36.3 Å². The van der Waals surface area contributed by atoms with Crippen LogP contribution in [-0.2, 0) is 15.7 Å². The molecule has 9 nitrogen and oxygen atoms in total. The second-order valence-electron chi connectivity index (χ2n) is 8.81. The summed E-state index contributed by atoms with van der Waals surface area (Å²) in [5, 5.41) is 21.9. The van der Waals surface area contributed by atoms with E-state index >= 15 is 0 Å². The lowest BCUT2D eigenvalue weighted by Gasteiger charge is -2.32. The summed E-state index contributed by atoms with van der Waals surface area (Å²) in [6, 6.07) is 7.03. The topological polar surface area (TPSA) is 134 Å². The van der Waals surface area contributed by atoms with Gasteiger partial charge in [-0.25, -0.2) is 9.78 Å². The van der Waals surface area contributed by atoms with Crippen molar-refractivity contribution < 1.29 is 32.5 Å². The molecule has 1 aliphatic heterocycles. The molecule has 12 heteroatoms. The molecule has 1 aromatic carbocycles. The van der Waals surface area contributed by atoms with E-state index in [0.29, 0.717) is 25.2 Å². The van der Waals surface area contributed by atoms with Gasteiger partial charge in [0, 0.05) is 19.2 Å². The maximum Gasteiger partial charge on any atom is 0.419 e. The number of β-amino-alcohol motifs (C(OH)–C–C–N with tert-alkyl or cyclic N) is 1. The van der Waals surface area contributed by atoms with Crippen molar-refractivity contribution in [3.8, 4) is 23.1 Å². The van der Waals surface area contributed by atoms with Crippen molar-refractivity contribution in [3.63, 3.8) is 0 Å². The minimum absolute atomic E-state index is 0.0819. The van der Waals surface area contributed by atoms with Crippen molar-refractivity contribution in [2.75, 3.05) is 51.4 Å². The molecule has 1 aromatic heterocycles. The Morgan fingerprint density at radius 3 is 2.65 bits per heavy atom. The van der Waals surface area contributed by atoms with E-state index in [1.54, 1.807) is 7.05 Å². The van der Waals surface area contributed by atoms with Gasteiger partial charge >= 0.3 is 12.1 Å². The van der Waals surface area contributed by atoms with Crippen LogP contribution in [0.2, 0.25) is 0 Å². The predicted octanol–water partition coefficient (Wildman–Crippen LogP) is 3.28. The van der Waals surface area contributed by atoms with Gasteiger partial charge in [-0.1, -0.05) is 0 Å². The Hall–Kier alpha value is -3.56. The zero-order valence-corrected chi connectivity index (χ0v) is 20.6. The second kappa shape index (κ2) is 12.1. The van der Waals surface area contributed by atoms with Crippen LogP contribution in [0.1, 0.15) is 30.5 Å². The quantitative estimate of drug-likeness (QED) is 0.425. The fourth-order valence-electron chi connectivity index (χ4n) is 4.28. The molecule has 1 saturated heterocycles. The minimum Gasteiger partial charge on any atom is -0.493 e. The SMILES string of the molecule is CNc1cc(-c2ccc(OCCC3CCN(CC(O)C(=O)OC)CC3)c(C(F)(F)F)c2)nc(C#N)c1N. The number of pyridine rings is 1. The maximum absolute atomic E-state index is 13.9. The van der Waals surface area contributed by atoms with E-state index in [2.05, 4.69) is 15.0 Å². The van der Waals surface area contributed by atoms with Crippen LogP contribution >= 0.6 is 0 Å². The summed E-state index contributed by atoms with van der Waals surface area (Å²) < 4.78 is 51.7. The van der Waals surface area contributed by atoms with E-state index < -0.39 is 23.8 Å². The molecule has 1 aliphatic rings. The highest BCUT2D eigenvalue weighted by Crippen LogP contribution is 2.39. The smallest absolute Gasteiger partial charge is 0.419 e. The van der Waals surface area contributed by atoms with Crippen LogP contribution < -0.4 is 15.8 Å². The number of carbonyl (C=O) groups excluding carboxylic acids is 1. The molecular formula is C25H30F3N5O4. The van der Waals surface area contributed by atoms with Gasteiger partial charge in [-0.3, -0.25) is 0 Å². The summed E-state index contributed by atoms with van der Waals surface area (Å²) in [4.78, 5) is 17.4. The van der Waals surface area contributed by atoms with Gasteiger partial charge < -0.3 is 30.5 Å². The number of benzene rings is 1. The fraction of sp³-hybridized carbons (Fsp3) is 0.480. The standard InChI is InChI=1S/C25H30F3N5O4/c1-31-19-12-18(32-20(13-29)23(19)30)16-3-4-22(17(11-16)25(26,27)28)37-10-7-15-5-8-33(9-6-15)14-21(34)24(35)36-2/h3-4,11-12,15,21,34H,5-10,14,30H2,1-2H3,(H,31,32). The summed E-state index contributed by atoms with van der Waals surface area (Å²) in [5.41, 5.74) is 5.71. The van der Waals surface area contributed by atoms with E-state index in [1.165, 1.54) is 25.3 Å². The Labute approximate surface area is 213 Å². The third-order valence-corrected chi connectivity index (χ3v) is 6.41. The van der Waals surface area contributed by atoms with Crippen LogP contribution in [0.4, 0.5) is 24.5 Å². The van der Waals surface area contributed by atoms with Gasteiger partial charge in [-0.15, -0.1) is 0 Å². The van der Waals surface area contributed by atoms with Gasteiger partial charge in [0.25, 0.3) is 0 Å². The number of aliphatic hydroxyl groups excluding tert-OH is 1. The second-order valence-corrected chi connectivity index (χ2v) is 8.81. The summed E-state index contributed by atoms with van der Waals surface area (Å²) in [7, 11) is 2.80. The number of aromatic nitrogens is 1. The van der Waals surface area contributed by atoms with E-state index in [1.807, 2.05) is 11.0 Å². The monoisotopic (exact) mass is 521 g/mol. The van der Waals surface area contributed by atoms with E-state index in [4.69, 9.17) is 10.5 Å². The number of anilines is 2. The van der Waals surface area contributed by atoms with Crippen LogP contribution in [0.3, 0.4) is 0 Å². The number of nitrogens with zero attached hydrogens (tertiary/aromatic N) is 3. The molecule has 2 heterocycles. The summed E-state index contributed by atoms with van der Waals surface area (Å²) in [6.45, 7) is 1.62. The number of methoxy groups -OCH3 is 1. The van der Waals surface area contributed by atoms with Crippen LogP contribution in [0.5, 0.6) is 5.75 Å². The van der Waals surface area contributed by atoms with Gasteiger partial charge in [0.1, 0.15) is 11.8 Å². The number of piperidine rings is 1. The largest absolute Gasteiger partial charge is 0.493 e. The first kappa shape index (κ1) is 28.0. The van der Waals surface area contributed by atoms with Crippen LogP contribution in [0.25, 0.3) is 11.3 Å². The van der Waals surface area contributed by atoms with Crippen molar-refractivity contribution in [3.05, 3.63) is 35.5 Å². The first-order chi connectivity index (χ1) is 17.6. The van der Waals surface area contributed by atoms with E-state index in [0.717, 1.165) is 18.9 Å². The molecule has 0 amide bonds.